The average molecular weight is 369 g/mol. The van der Waals surface area contributed by atoms with Gasteiger partial charge in [-0.2, -0.15) is 0 Å². The second kappa shape index (κ2) is 8.74. The van der Waals surface area contributed by atoms with Gasteiger partial charge in [-0.15, -0.1) is 10.2 Å². The molecule has 0 aliphatic heterocycles. The van der Waals surface area contributed by atoms with Gasteiger partial charge in [-0.25, -0.2) is 4.39 Å². The second-order valence-electron chi connectivity index (χ2n) is 4.60. The highest BCUT2D eigenvalue weighted by Crippen LogP contribution is 2.31. The number of ether oxygens (including phenoxy) is 1. The van der Waals surface area contributed by atoms with Crippen molar-refractivity contribution < 1.29 is 18.7 Å². The van der Waals surface area contributed by atoms with Crippen molar-refractivity contribution >= 4 is 40.1 Å². The van der Waals surface area contributed by atoms with Gasteiger partial charge in [-0.1, -0.05) is 30.0 Å². The molecule has 2 aromatic rings. The number of halogens is 1. The van der Waals surface area contributed by atoms with E-state index in [0.29, 0.717) is 28.1 Å². The fourth-order valence-corrected chi connectivity index (χ4v) is 3.65. The number of carbonyl (C=O) groups is 2. The van der Waals surface area contributed by atoms with Gasteiger partial charge in [0.05, 0.1) is 6.61 Å². The van der Waals surface area contributed by atoms with Gasteiger partial charge in [-0.05, 0) is 37.6 Å². The Kier molecular flexibility index (Phi) is 6.68. The molecule has 0 radical (unpaired) electrons. The van der Waals surface area contributed by atoms with E-state index in [0.717, 1.165) is 0 Å². The van der Waals surface area contributed by atoms with Crippen molar-refractivity contribution in [3.63, 3.8) is 0 Å². The number of nitrogens with zero attached hydrogens (tertiary/aromatic N) is 2. The Hall–Kier alpha value is -2.00. The summed E-state index contributed by atoms with van der Waals surface area (Å²) in [5.74, 6) is -1.11. The number of hydrogen-bond acceptors (Lipinski definition) is 7. The van der Waals surface area contributed by atoms with Gasteiger partial charge in [0.1, 0.15) is 11.1 Å². The van der Waals surface area contributed by atoms with E-state index in [4.69, 9.17) is 4.74 Å². The SMILES string of the molecule is CCOC(=O)C(CC)Sc1nnc(NC(=O)c2ccc(F)cc2)s1. The third-order valence-corrected chi connectivity index (χ3v) is 5.16. The van der Waals surface area contributed by atoms with Crippen LogP contribution in [0.2, 0.25) is 0 Å². The summed E-state index contributed by atoms with van der Waals surface area (Å²) < 4.78 is 18.4. The molecule has 0 bridgehead atoms. The molecule has 0 aliphatic rings. The largest absolute Gasteiger partial charge is 0.465 e. The summed E-state index contributed by atoms with van der Waals surface area (Å²) in [7, 11) is 0. The van der Waals surface area contributed by atoms with Gasteiger partial charge in [0.2, 0.25) is 5.13 Å². The molecule has 1 N–H and O–H groups in total. The van der Waals surface area contributed by atoms with Crippen molar-refractivity contribution in [2.45, 2.75) is 29.9 Å². The number of esters is 1. The zero-order valence-corrected chi connectivity index (χ0v) is 14.7. The first-order valence-corrected chi connectivity index (χ1v) is 8.96. The van der Waals surface area contributed by atoms with Crippen LogP contribution in [-0.4, -0.2) is 33.9 Å². The normalized spacial score (nSPS) is 11.8. The number of rotatable bonds is 7. The minimum absolute atomic E-state index is 0.294. The lowest BCUT2D eigenvalue weighted by molar-refractivity contribution is -0.142. The molecule has 0 fully saturated rings. The summed E-state index contributed by atoms with van der Waals surface area (Å²) in [5.41, 5.74) is 0.318. The maximum Gasteiger partial charge on any atom is 0.319 e. The first-order chi connectivity index (χ1) is 11.5. The summed E-state index contributed by atoms with van der Waals surface area (Å²) in [5, 5.41) is 10.4. The van der Waals surface area contributed by atoms with E-state index in [1.165, 1.54) is 47.4 Å². The molecule has 1 aromatic carbocycles. The van der Waals surface area contributed by atoms with Crippen molar-refractivity contribution in [1.29, 1.82) is 0 Å². The fraction of sp³-hybridized carbons (Fsp3) is 0.333. The Labute approximate surface area is 146 Å². The van der Waals surface area contributed by atoms with Gasteiger partial charge < -0.3 is 4.74 Å². The number of thioether (sulfide) groups is 1. The summed E-state index contributed by atoms with van der Waals surface area (Å²) >= 11 is 2.42. The minimum atomic E-state index is -0.411. The average Bonchev–Trinajstić information content (AvgIpc) is 3.00. The highest BCUT2D eigenvalue weighted by molar-refractivity contribution is 8.02. The van der Waals surface area contributed by atoms with Gasteiger partial charge in [-0.3, -0.25) is 14.9 Å². The van der Waals surface area contributed by atoms with E-state index in [1.807, 2.05) is 6.92 Å². The fourth-order valence-electron chi connectivity index (χ4n) is 1.73. The van der Waals surface area contributed by atoms with Crippen molar-refractivity contribution in [3.05, 3.63) is 35.6 Å². The first-order valence-electron chi connectivity index (χ1n) is 7.27. The topological polar surface area (TPSA) is 81.2 Å². The molecular formula is C15H16FN3O3S2. The quantitative estimate of drug-likeness (QED) is 0.458. The predicted molar refractivity (Wildman–Crippen MR) is 90.8 cm³/mol. The van der Waals surface area contributed by atoms with E-state index >= 15 is 0 Å². The molecule has 1 aromatic heterocycles. The Morgan fingerprint density at radius 1 is 1.29 bits per heavy atom. The maximum absolute atomic E-state index is 12.9. The molecule has 128 valence electrons. The maximum atomic E-state index is 12.9. The number of benzene rings is 1. The number of aromatic nitrogens is 2. The summed E-state index contributed by atoms with van der Waals surface area (Å²) in [6.45, 7) is 3.96. The molecule has 0 saturated carbocycles. The van der Waals surface area contributed by atoms with Crippen LogP contribution in [0.15, 0.2) is 28.6 Å². The Morgan fingerprint density at radius 2 is 2.00 bits per heavy atom. The molecule has 1 unspecified atom stereocenters. The summed E-state index contributed by atoms with van der Waals surface area (Å²) in [4.78, 5) is 23.8. The van der Waals surface area contributed by atoms with Crippen molar-refractivity contribution in [3.8, 4) is 0 Å². The number of nitrogens with one attached hydrogen (secondary N) is 1. The minimum Gasteiger partial charge on any atom is -0.465 e. The lowest BCUT2D eigenvalue weighted by atomic mass is 10.2. The molecule has 1 heterocycles. The van der Waals surface area contributed by atoms with Gasteiger partial charge in [0.25, 0.3) is 5.91 Å². The molecule has 9 heteroatoms. The Bertz CT molecular complexity index is 706. The molecule has 1 atom stereocenters. The zero-order chi connectivity index (χ0) is 17.5. The van der Waals surface area contributed by atoms with Crippen molar-refractivity contribution in [2.24, 2.45) is 0 Å². The summed E-state index contributed by atoms with van der Waals surface area (Å²) in [6.07, 6.45) is 0.598. The molecular weight excluding hydrogens is 353 g/mol. The molecule has 0 aliphatic carbocycles. The standard InChI is InChI=1S/C15H16FN3O3S2/c1-3-11(13(21)22-4-2)23-15-19-18-14(24-15)17-12(20)9-5-7-10(16)8-6-9/h5-8,11H,3-4H2,1-2H3,(H,17,18,20). The number of carbonyl (C=O) groups excluding carboxylic acids is 2. The van der Waals surface area contributed by atoms with Crippen molar-refractivity contribution in [1.82, 2.24) is 10.2 Å². The molecule has 0 spiro atoms. The van der Waals surface area contributed by atoms with Crippen LogP contribution in [0.1, 0.15) is 30.6 Å². The zero-order valence-electron chi connectivity index (χ0n) is 13.1. The lowest BCUT2D eigenvalue weighted by Gasteiger charge is -2.10. The third kappa shape index (κ3) is 5.00. The molecule has 2 rings (SSSR count). The van der Waals surface area contributed by atoms with Gasteiger partial charge in [0, 0.05) is 5.56 Å². The van der Waals surface area contributed by atoms with Gasteiger partial charge in [0.15, 0.2) is 4.34 Å². The third-order valence-electron chi connectivity index (χ3n) is 2.90. The van der Waals surface area contributed by atoms with E-state index in [-0.39, 0.29) is 11.2 Å². The van der Waals surface area contributed by atoms with Gasteiger partial charge >= 0.3 is 5.97 Å². The highest BCUT2D eigenvalue weighted by Gasteiger charge is 2.21. The second-order valence-corrected chi connectivity index (χ2v) is 7.03. The van der Waals surface area contributed by atoms with Crippen molar-refractivity contribution in [2.75, 3.05) is 11.9 Å². The highest BCUT2D eigenvalue weighted by atomic mass is 32.2. The summed E-state index contributed by atoms with van der Waals surface area (Å²) in [6, 6.07) is 5.19. The van der Waals surface area contributed by atoms with Crippen LogP contribution in [-0.2, 0) is 9.53 Å². The Morgan fingerprint density at radius 3 is 2.62 bits per heavy atom. The molecule has 6 nitrogen and oxygen atoms in total. The van der Waals surface area contributed by atoms with Crippen LogP contribution in [0.5, 0.6) is 0 Å². The van der Waals surface area contributed by atoms with E-state index in [1.54, 1.807) is 6.92 Å². The lowest BCUT2D eigenvalue weighted by Crippen LogP contribution is -2.19. The Balaban J connectivity index is 1.98. The molecule has 24 heavy (non-hydrogen) atoms. The van der Waals surface area contributed by atoms with Crippen LogP contribution >= 0.6 is 23.1 Å². The van der Waals surface area contributed by atoms with Crippen LogP contribution in [0, 0.1) is 5.82 Å². The number of amides is 1. The predicted octanol–water partition coefficient (Wildman–Crippen LogP) is 3.36. The first kappa shape index (κ1) is 18.3. The number of hydrogen-bond donors (Lipinski definition) is 1. The van der Waals surface area contributed by atoms with Crippen LogP contribution < -0.4 is 5.32 Å². The molecule has 1 amide bonds. The van der Waals surface area contributed by atoms with E-state index in [2.05, 4.69) is 15.5 Å². The van der Waals surface area contributed by atoms with Crippen LogP contribution in [0.25, 0.3) is 0 Å². The van der Waals surface area contributed by atoms with Crippen LogP contribution in [0.4, 0.5) is 9.52 Å². The molecule has 0 saturated heterocycles. The smallest absolute Gasteiger partial charge is 0.319 e. The number of anilines is 1. The monoisotopic (exact) mass is 369 g/mol. The van der Waals surface area contributed by atoms with E-state index < -0.39 is 11.7 Å². The van der Waals surface area contributed by atoms with E-state index in [9.17, 15) is 14.0 Å². The van der Waals surface area contributed by atoms with Crippen LogP contribution in [0.3, 0.4) is 0 Å².